The first-order valence-corrected chi connectivity index (χ1v) is 11.6. The number of hydrogen-bond donors (Lipinski definition) is 2. The lowest BCUT2D eigenvalue weighted by atomic mass is 10.0. The second-order valence-electron chi connectivity index (χ2n) is 8.80. The molecule has 0 saturated carbocycles. The Morgan fingerprint density at radius 3 is 2.57 bits per heavy atom. The Hall–Kier alpha value is -3.68. The minimum atomic E-state index is -0.930. The number of rotatable bonds is 7. The standard InChI is InChI=1S/C27H27ClN4O3/c1-4-35-24-12-6-18-14-22(17-5-11-23(29)19(13-17)15-30-16-27(2,3)34)26(33)32(25(18)31-24)21-9-7-20(28)8-10-21/h5-15,34H,4,16,29H2,1-3H3. The van der Waals surface area contributed by atoms with Crippen molar-refractivity contribution in [1.82, 2.24) is 9.55 Å². The summed E-state index contributed by atoms with van der Waals surface area (Å²) in [7, 11) is 0. The van der Waals surface area contributed by atoms with Crippen molar-refractivity contribution in [2.75, 3.05) is 18.9 Å². The van der Waals surface area contributed by atoms with Gasteiger partial charge in [0.15, 0.2) is 5.65 Å². The zero-order valence-electron chi connectivity index (χ0n) is 19.8. The maximum absolute atomic E-state index is 13.8. The van der Waals surface area contributed by atoms with Crippen molar-refractivity contribution in [1.29, 1.82) is 0 Å². The molecule has 0 amide bonds. The van der Waals surface area contributed by atoms with E-state index in [1.54, 1.807) is 67.1 Å². The first-order valence-electron chi connectivity index (χ1n) is 11.2. The maximum atomic E-state index is 13.8. The van der Waals surface area contributed by atoms with Crippen LogP contribution >= 0.6 is 11.6 Å². The van der Waals surface area contributed by atoms with Crippen LogP contribution in [-0.4, -0.2) is 39.6 Å². The summed E-state index contributed by atoms with van der Waals surface area (Å²) in [5.41, 5.74) is 8.45. The Morgan fingerprint density at radius 1 is 1.14 bits per heavy atom. The molecule has 0 radical (unpaired) electrons. The molecule has 0 bridgehead atoms. The molecule has 0 aliphatic rings. The zero-order chi connectivity index (χ0) is 25.2. The SMILES string of the molecule is CCOc1ccc2cc(-c3ccc(N)c(C=NCC(C)(C)O)c3)c(=O)n(-c3ccc(Cl)cc3)c2n1. The number of ether oxygens (including phenoxy) is 1. The number of benzene rings is 2. The van der Waals surface area contributed by atoms with Gasteiger partial charge in [-0.25, -0.2) is 0 Å². The number of aliphatic imine (C=N–C) groups is 1. The minimum absolute atomic E-state index is 0.226. The van der Waals surface area contributed by atoms with Crippen LogP contribution in [0.3, 0.4) is 0 Å². The maximum Gasteiger partial charge on any atom is 0.264 e. The fourth-order valence-electron chi connectivity index (χ4n) is 3.65. The molecule has 2 aromatic heterocycles. The lowest BCUT2D eigenvalue weighted by molar-refractivity contribution is 0.0906. The molecule has 180 valence electrons. The van der Waals surface area contributed by atoms with Crippen molar-refractivity contribution in [3.8, 4) is 22.7 Å². The summed E-state index contributed by atoms with van der Waals surface area (Å²) in [6.45, 7) is 5.94. The van der Waals surface area contributed by atoms with Gasteiger partial charge < -0.3 is 15.6 Å². The summed E-state index contributed by atoms with van der Waals surface area (Å²) >= 11 is 6.09. The van der Waals surface area contributed by atoms with E-state index in [1.807, 2.05) is 25.1 Å². The Morgan fingerprint density at radius 2 is 1.89 bits per heavy atom. The minimum Gasteiger partial charge on any atom is -0.478 e. The van der Waals surface area contributed by atoms with Crippen LogP contribution in [0.5, 0.6) is 5.88 Å². The molecule has 0 spiro atoms. The fraction of sp³-hybridized carbons (Fsp3) is 0.222. The van der Waals surface area contributed by atoms with Gasteiger partial charge in [0.05, 0.1) is 24.4 Å². The number of nitrogen functional groups attached to an aromatic ring is 1. The van der Waals surface area contributed by atoms with Gasteiger partial charge in [-0.1, -0.05) is 17.7 Å². The van der Waals surface area contributed by atoms with Gasteiger partial charge in [0.1, 0.15) is 0 Å². The Labute approximate surface area is 208 Å². The first kappa shape index (κ1) is 24.4. The van der Waals surface area contributed by atoms with Gasteiger partial charge >= 0.3 is 0 Å². The molecule has 4 rings (SSSR count). The lowest BCUT2D eigenvalue weighted by Gasteiger charge is -2.15. The van der Waals surface area contributed by atoms with E-state index >= 15 is 0 Å². The predicted octanol–water partition coefficient (Wildman–Crippen LogP) is 4.88. The Balaban J connectivity index is 1.91. The number of nitrogens with two attached hydrogens (primary N) is 1. The summed E-state index contributed by atoms with van der Waals surface area (Å²) in [5, 5.41) is 11.3. The van der Waals surface area contributed by atoms with Crippen molar-refractivity contribution < 1.29 is 9.84 Å². The van der Waals surface area contributed by atoms with Crippen molar-refractivity contribution in [3.05, 3.63) is 81.6 Å². The second-order valence-corrected chi connectivity index (χ2v) is 9.23. The van der Waals surface area contributed by atoms with Gasteiger partial charge in [0.2, 0.25) is 5.88 Å². The van der Waals surface area contributed by atoms with Crippen LogP contribution in [0.4, 0.5) is 5.69 Å². The number of nitrogens with zero attached hydrogens (tertiary/aromatic N) is 3. The third-order valence-electron chi connectivity index (χ3n) is 5.31. The van der Waals surface area contributed by atoms with E-state index in [0.717, 1.165) is 5.39 Å². The van der Waals surface area contributed by atoms with Crippen LogP contribution in [0.25, 0.3) is 27.8 Å². The molecular formula is C27H27ClN4O3. The molecule has 0 unspecified atom stereocenters. The van der Waals surface area contributed by atoms with Gasteiger partial charge in [0.25, 0.3) is 5.56 Å². The number of aromatic nitrogens is 2. The van der Waals surface area contributed by atoms with Gasteiger partial charge in [-0.3, -0.25) is 14.4 Å². The second kappa shape index (κ2) is 9.90. The van der Waals surface area contributed by atoms with E-state index in [1.165, 1.54) is 0 Å². The predicted molar refractivity (Wildman–Crippen MR) is 142 cm³/mol. The summed E-state index contributed by atoms with van der Waals surface area (Å²) in [6, 6.07) is 17.9. The van der Waals surface area contributed by atoms with E-state index in [-0.39, 0.29) is 12.1 Å². The first-order chi connectivity index (χ1) is 16.7. The van der Waals surface area contributed by atoms with E-state index in [2.05, 4.69) is 9.98 Å². The van der Waals surface area contributed by atoms with Crippen LogP contribution < -0.4 is 16.0 Å². The Kier molecular flexibility index (Phi) is 6.91. The molecule has 0 aliphatic heterocycles. The largest absolute Gasteiger partial charge is 0.478 e. The lowest BCUT2D eigenvalue weighted by Crippen LogP contribution is -2.22. The highest BCUT2D eigenvalue weighted by atomic mass is 35.5. The van der Waals surface area contributed by atoms with Crippen LogP contribution in [0.1, 0.15) is 26.3 Å². The molecule has 3 N–H and O–H groups in total. The molecule has 7 nitrogen and oxygen atoms in total. The van der Waals surface area contributed by atoms with Crippen molar-refractivity contribution in [2.24, 2.45) is 4.99 Å². The molecular weight excluding hydrogens is 464 g/mol. The topological polar surface area (TPSA) is 103 Å². The van der Waals surface area contributed by atoms with E-state index in [4.69, 9.17) is 22.1 Å². The van der Waals surface area contributed by atoms with E-state index in [0.29, 0.717) is 51.2 Å². The van der Waals surface area contributed by atoms with Crippen molar-refractivity contribution in [3.63, 3.8) is 0 Å². The third kappa shape index (κ3) is 5.53. The quantitative estimate of drug-likeness (QED) is 0.284. The molecule has 4 aromatic rings. The van der Waals surface area contributed by atoms with Crippen LogP contribution in [0.15, 0.2) is 70.5 Å². The van der Waals surface area contributed by atoms with Gasteiger partial charge in [0, 0.05) is 39.5 Å². The number of fused-ring (bicyclic) bond motifs is 1. The van der Waals surface area contributed by atoms with Crippen molar-refractivity contribution >= 4 is 34.5 Å². The average molecular weight is 491 g/mol. The average Bonchev–Trinajstić information content (AvgIpc) is 2.80. The number of halogens is 1. The van der Waals surface area contributed by atoms with Gasteiger partial charge in [-0.15, -0.1) is 0 Å². The summed E-state index contributed by atoms with van der Waals surface area (Å²) in [5.74, 6) is 0.438. The van der Waals surface area contributed by atoms with Crippen LogP contribution in [-0.2, 0) is 0 Å². The zero-order valence-corrected chi connectivity index (χ0v) is 20.6. The number of hydrogen-bond acceptors (Lipinski definition) is 6. The number of anilines is 1. The normalized spacial score (nSPS) is 11.9. The summed E-state index contributed by atoms with van der Waals surface area (Å²) < 4.78 is 7.13. The third-order valence-corrected chi connectivity index (χ3v) is 5.56. The van der Waals surface area contributed by atoms with Gasteiger partial charge in [-0.2, -0.15) is 4.98 Å². The molecule has 35 heavy (non-hydrogen) atoms. The van der Waals surface area contributed by atoms with Crippen LogP contribution in [0.2, 0.25) is 5.02 Å². The molecule has 2 heterocycles. The molecule has 2 aromatic carbocycles. The fourth-order valence-corrected chi connectivity index (χ4v) is 3.78. The van der Waals surface area contributed by atoms with E-state index < -0.39 is 5.60 Å². The summed E-state index contributed by atoms with van der Waals surface area (Å²) in [4.78, 5) is 22.7. The van der Waals surface area contributed by atoms with Gasteiger partial charge in [-0.05, 0) is 74.9 Å². The molecule has 0 aliphatic carbocycles. The smallest absolute Gasteiger partial charge is 0.264 e. The Bertz CT molecular complexity index is 1450. The van der Waals surface area contributed by atoms with E-state index in [9.17, 15) is 9.90 Å². The van der Waals surface area contributed by atoms with Crippen molar-refractivity contribution in [2.45, 2.75) is 26.4 Å². The molecule has 0 fully saturated rings. The number of aliphatic hydroxyl groups is 1. The highest BCUT2D eigenvalue weighted by Crippen LogP contribution is 2.27. The molecule has 0 saturated heterocycles. The molecule has 0 atom stereocenters. The summed E-state index contributed by atoms with van der Waals surface area (Å²) in [6.07, 6.45) is 1.62. The molecule has 8 heteroatoms. The monoisotopic (exact) mass is 490 g/mol. The highest BCUT2D eigenvalue weighted by molar-refractivity contribution is 6.30. The number of pyridine rings is 2. The van der Waals surface area contributed by atoms with Crippen LogP contribution in [0, 0.1) is 0 Å². The highest BCUT2D eigenvalue weighted by Gasteiger charge is 2.16.